The summed E-state index contributed by atoms with van der Waals surface area (Å²) in [5.41, 5.74) is 0.894. The van der Waals surface area contributed by atoms with Crippen molar-refractivity contribution in [2.75, 3.05) is 13.1 Å². The van der Waals surface area contributed by atoms with Crippen LogP contribution in [-0.4, -0.2) is 40.9 Å². The second kappa shape index (κ2) is 5.58. The molecule has 2 atom stereocenters. The summed E-state index contributed by atoms with van der Waals surface area (Å²) < 4.78 is 0. The molecule has 1 amide bonds. The van der Waals surface area contributed by atoms with Crippen LogP contribution in [0.15, 0.2) is 18.2 Å². The molecule has 20 heavy (non-hydrogen) atoms. The summed E-state index contributed by atoms with van der Waals surface area (Å²) in [5, 5.41) is 14.4. The van der Waals surface area contributed by atoms with E-state index in [0.29, 0.717) is 13.1 Å². The second-order valence-corrected chi connectivity index (χ2v) is 5.46. The smallest absolute Gasteiger partial charge is 0.282 e. The largest absolute Gasteiger partial charge is 0.335 e. The van der Waals surface area contributed by atoms with Gasteiger partial charge >= 0.3 is 0 Å². The van der Waals surface area contributed by atoms with Crippen LogP contribution >= 0.6 is 0 Å². The van der Waals surface area contributed by atoms with Gasteiger partial charge in [0, 0.05) is 31.2 Å². The topological polar surface area (TPSA) is 75.5 Å². The maximum absolute atomic E-state index is 12.6. The van der Waals surface area contributed by atoms with Crippen LogP contribution in [0.2, 0.25) is 0 Å². The van der Waals surface area contributed by atoms with Crippen molar-refractivity contribution in [1.82, 2.24) is 10.2 Å². The Labute approximate surface area is 117 Å². The molecule has 1 fully saturated rings. The molecule has 1 saturated heterocycles. The number of nitro benzene ring substituents is 1. The van der Waals surface area contributed by atoms with Crippen LogP contribution in [0.1, 0.15) is 29.8 Å². The molecule has 6 heteroatoms. The van der Waals surface area contributed by atoms with Crippen molar-refractivity contribution in [2.45, 2.75) is 32.9 Å². The number of piperazine rings is 1. The average Bonchev–Trinajstić information content (AvgIpc) is 2.36. The molecule has 1 aliphatic heterocycles. The number of hydrogen-bond acceptors (Lipinski definition) is 4. The summed E-state index contributed by atoms with van der Waals surface area (Å²) in [6, 6.07) is 5.02. The van der Waals surface area contributed by atoms with Crippen molar-refractivity contribution in [3.05, 3.63) is 39.4 Å². The van der Waals surface area contributed by atoms with Gasteiger partial charge in [0.1, 0.15) is 5.56 Å². The lowest BCUT2D eigenvalue weighted by atomic mass is 10.1. The van der Waals surface area contributed by atoms with Gasteiger partial charge in [-0.25, -0.2) is 0 Å². The highest BCUT2D eigenvalue weighted by Gasteiger charge is 2.29. The fourth-order valence-corrected chi connectivity index (χ4v) is 2.64. The number of carbonyl (C=O) groups is 1. The molecule has 108 valence electrons. The predicted octanol–water partition coefficient (Wildman–Crippen LogP) is 1.73. The van der Waals surface area contributed by atoms with E-state index in [0.717, 1.165) is 5.56 Å². The third-order valence-electron chi connectivity index (χ3n) is 3.42. The van der Waals surface area contributed by atoms with E-state index in [1.54, 1.807) is 17.0 Å². The highest BCUT2D eigenvalue weighted by Crippen LogP contribution is 2.22. The number of nitrogens with zero attached hydrogens (tertiary/aromatic N) is 2. The van der Waals surface area contributed by atoms with Gasteiger partial charge in [-0.2, -0.15) is 0 Å². The van der Waals surface area contributed by atoms with Gasteiger partial charge in [0.2, 0.25) is 0 Å². The van der Waals surface area contributed by atoms with Gasteiger partial charge in [0.25, 0.3) is 11.6 Å². The second-order valence-electron chi connectivity index (χ2n) is 5.46. The fourth-order valence-electron chi connectivity index (χ4n) is 2.64. The molecule has 0 bridgehead atoms. The highest BCUT2D eigenvalue weighted by atomic mass is 16.6. The Morgan fingerprint density at radius 2 is 1.95 bits per heavy atom. The van der Waals surface area contributed by atoms with Gasteiger partial charge in [0.05, 0.1) is 4.92 Å². The van der Waals surface area contributed by atoms with E-state index in [-0.39, 0.29) is 29.2 Å². The summed E-state index contributed by atoms with van der Waals surface area (Å²) in [5.74, 6) is -0.263. The predicted molar refractivity (Wildman–Crippen MR) is 75.8 cm³/mol. The van der Waals surface area contributed by atoms with Gasteiger partial charge in [-0.05, 0) is 32.4 Å². The minimum atomic E-state index is -0.498. The summed E-state index contributed by atoms with van der Waals surface area (Å²) in [6.45, 7) is 6.95. The van der Waals surface area contributed by atoms with Gasteiger partial charge in [-0.15, -0.1) is 0 Å². The molecule has 1 aromatic carbocycles. The number of rotatable bonds is 2. The quantitative estimate of drug-likeness (QED) is 0.659. The maximum Gasteiger partial charge on any atom is 0.282 e. The number of nitrogens with one attached hydrogen (secondary N) is 1. The van der Waals surface area contributed by atoms with Crippen molar-refractivity contribution in [3.63, 3.8) is 0 Å². The van der Waals surface area contributed by atoms with Gasteiger partial charge < -0.3 is 10.2 Å². The highest BCUT2D eigenvalue weighted by molar-refractivity contribution is 5.98. The fraction of sp³-hybridized carbons (Fsp3) is 0.500. The first-order valence-corrected chi connectivity index (χ1v) is 6.69. The minimum Gasteiger partial charge on any atom is -0.335 e. The molecule has 2 unspecified atom stereocenters. The zero-order valence-corrected chi connectivity index (χ0v) is 11.9. The first-order chi connectivity index (χ1) is 9.38. The molecule has 1 aromatic rings. The van der Waals surface area contributed by atoms with Crippen LogP contribution in [0.5, 0.6) is 0 Å². The number of carbonyl (C=O) groups excluding carboxylic acids is 1. The lowest BCUT2D eigenvalue weighted by Crippen LogP contribution is -2.55. The average molecular weight is 277 g/mol. The maximum atomic E-state index is 12.6. The number of benzene rings is 1. The molecule has 0 spiro atoms. The van der Waals surface area contributed by atoms with Crippen LogP contribution in [0.25, 0.3) is 0 Å². The molecule has 1 aliphatic rings. The van der Waals surface area contributed by atoms with Crippen LogP contribution in [0.4, 0.5) is 5.69 Å². The van der Waals surface area contributed by atoms with E-state index in [1.165, 1.54) is 6.07 Å². The number of hydrogen-bond donors (Lipinski definition) is 1. The Bertz CT molecular complexity index is 534. The summed E-state index contributed by atoms with van der Waals surface area (Å²) in [4.78, 5) is 24.8. The van der Waals surface area contributed by atoms with Crippen molar-refractivity contribution >= 4 is 11.6 Å². The molecule has 0 saturated carbocycles. The molecule has 0 aromatic heterocycles. The Morgan fingerprint density at radius 1 is 1.35 bits per heavy atom. The first-order valence-electron chi connectivity index (χ1n) is 6.69. The monoisotopic (exact) mass is 277 g/mol. The third-order valence-corrected chi connectivity index (χ3v) is 3.42. The normalized spacial score (nSPS) is 22.6. The van der Waals surface area contributed by atoms with Gasteiger partial charge in [0.15, 0.2) is 0 Å². The molecule has 1 N–H and O–H groups in total. The van der Waals surface area contributed by atoms with Crippen LogP contribution in [-0.2, 0) is 0 Å². The Balaban J connectivity index is 2.33. The van der Waals surface area contributed by atoms with E-state index in [2.05, 4.69) is 5.32 Å². The number of nitro groups is 1. The summed E-state index contributed by atoms with van der Waals surface area (Å²) in [6.07, 6.45) is 0. The molecule has 6 nitrogen and oxygen atoms in total. The molecule has 0 radical (unpaired) electrons. The van der Waals surface area contributed by atoms with Gasteiger partial charge in [-0.3, -0.25) is 14.9 Å². The van der Waals surface area contributed by atoms with E-state index >= 15 is 0 Å². The summed E-state index contributed by atoms with van der Waals surface area (Å²) >= 11 is 0. The van der Waals surface area contributed by atoms with E-state index < -0.39 is 4.92 Å². The molecule has 1 heterocycles. The minimum absolute atomic E-state index is 0.126. The number of aryl methyl sites for hydroxylation is 1. The van der Waals surface area contributed by atoms with Gasteiger partial charge in [-0.1, -0.05) is 6.07 Å². The lowest BCUT2D eigenvalue weighted by molar-refractivity contribution is -0.385. The van der Waals surface area contributed by atoms with Crippen molar-refractivity contribution in [1.29, 1.82) is 0 Å². The molecular formula is C14H19N3O3. The third kappa shape index (κ3) is 2.96. The molecule has 0 aliphatic carbocycles. The van der Waals surface area contributed by atoms with Crippen LogP contribution < -0.4 is 5.32 Å². The van der Waals surface area contributed by atoms with Crippen LogP contribution in [0.3, 0.4) is 0 Å². The first kappa shape index (κ1) is 14.5. The van der Waals surface area contributed by atoms with E-state index in [1.807, 2.05) is 20.8 Å². The van der Waals surface area contributed by atoms with Crippen molar-refractivity contribution in [2.24, 2.45) is 0 Å². The zero-order valence-electron chi connectivity index (χ0n) is 11.9. The van der Waals surface area contributed by atoms with Crippen molar-refractivity contribution in [3.8, 4) is 0 Å². The Kier molecular flexibility index (Phi) is 4.04. The zero-order chi connectivity index (χ0) is 14.9. The summed E-state index contributed by atoms with van der Waals surface area (Å²) in [7, 11) is 0. The Morgan fingerprint density at radius 3 is 2.50 bits per heavy atom. The SMILES string of the molecule is Cc1ccc([N+](=O)[O-])c(C(=O)N2CC(C)NC(C)C2)c1. The number of amides is 1. The van der Waals surface area contributed by atoms with E-state index in [4.69, 9.17) is 0 Å². The Hall–Kier alpha value is -1.95. The van der Waals surface area contributed by atoms with Crippen LogP contribution in [0, 0.1) is 17.0 Å². The van der Waals surface area contributed by atoms with E-state index in [9.17, 15) is 14.9 Å². The lowest BCUT2D eigenvalue weighted by Gasteiger charge is -2.36. The molecule has 2 rings (SSSR count). The standard InChI is InChI=1S/C14H19N3O3/c1-9-4-5-13(17(19)20)12(6-9)14(18)16-7-10(2)15-11(3)8-16/h4-6,10-11,15H,7-8H2,1-3H3. The van der Waals surface area contributed by atoms with Crippen molar-refractivity contribution < 1.29 is 9.72 Å². The molecular weight excluding hydrogens is 258 g/mol.